The Morgan fingerprint density at radius 2 is 2.10 bits per heavy atom. The van der Waals surface area contributed by atoms with E-state index < -0.39 is 0 Å². The topological polar surface area (TPSA) is 122 Å². The maximum Gasteiger partial charge on any atom is 0.224 e. The quantitative estimate of drug-likeness (QED) is 0.676. The number of aromatic nitrogens is 4. The van der Waals surface area contributed by atoms with Crippen LogP contribution in [-0.4, -0.2) is 69.8 Å². The van der Waals surface area contributed by atoms with E-state index in [4.69, 9.17) is 10.5 Å². The van der Waals surface area contributed by atoms with E-state index in [0.717, 1.165) is 63.1 Å². The molecular weight excluding hydrogens is 370 g/mol. The molecule has 0 unspecified atom stereocenters. The molecule has 0 saturated carbocycles. The number of likely N-dealkylation sites (tertiary alicyclic amines) is 1. The van der Waals surface area contributed by atoms with Gasteiger partial charge < -0.3 is 15.8 Å². The molecule has 0 spiro atoms. The molecule has 0 bridgehead atoms. The molecule has 2 saturated heterocycles. The molecule has 2 aliphatic rings. The first-order valence-electron chi connectivity index (χ1n) is 10.4. The molecule has 156 valence electrons. The van der Waals surface area contributed by atoms with Crippen LogP contribution in [0.3, 0.4) is 0 Å². The summed E-state index contributed by atoms with van der Waals surface area (Å²) in [7, 11) is 0. The summed E-state index contributed by atoms with van der Waals surface area (Å²) in [4.78, 5) is 15.3. The van der Waals surface area contributed by atoms with Crippen LogP contribution in [0, 0.1) is 5.92 Å². The van der Waals surface area contributed by atoms with Crippen molar-refractivity contribution in [2.45, 2.75) is 44.3 Å². The summed E-state index contributed by atoms with van der Waals surface area (Å²) in [6.07, 6.45) is 3.74. The van der Waals surface area contributed by atoms with Gasteiger partial charge in [0.15, 0.2) is 0 Å². The van der Waals surface area contributed by atoms with Crippen molar-refractivity contribution in [3.8, 4) is 11.4 Å². The molecule has 1 aromatic heterocycles. The van der Waals surface area contributed by atoms with Gasteiger partial charge in [-0.3, -0.25) is 9.69 Å². The molecular formula is C20H29N7O2. The number of H-pyrrole nitrogens is 1. The fourth-order valence-electron chi connectivity index (χ4n) is 4.26. The molecule has 4 N–H and O–H groups in total. The molecule has 4 rings (SSSR count). The first-order chi connectivity index (χ1) is 14.2. The van der Waals surface area contributed by atoms with Crippen LogP contribution in [0.5, 0.6) is 0 Å². The minimum absolute atomic E-state index is 0.0354. The maximum absolute atomic E-state index is 12.9. The molecule has 2 fully saturated rings. The third-order valence-electron chi connectivity index (χ3n) is 5.89. The molecule has 1 amide bonds. The lowest BCUT2D eigenvalue weighted by Gasteiger charge is -2.35. The standard InChI is InChI=1S/C20H29N7O2/c21-17-5-4-16(12-27(13-17)18-6-8-29-9-7-18)20(28)22-11-14-2-1-3-15(10-14)19-23-25-26-24-19/h1-3,10,16-18H,4-9,11-13,21H2,(H,22,28)(H,23,24,25,26)/t16-,17+/m1/s1. The summed E-state index contributed by atoms with van der Waals surface area (Å²) in [5.41, 5.74) is 8.18. The lowest BCUT2D eigenvalue weighted by Crippen LogP contribution is -2.47. The Hall–Kier alpha value is -2.36. The molecule has 29 heavy (non-hydrogen) atoms. The van der Waals surface area contributed by atoms with Crippen LogP contribution in [0.15, 0.2) is 24.3 Å². The van der Waals surface area contributed by atoms with Crippen molar-refractivity contribution in [1.82, 2.24) is 30.8 Å². The van der Waals surface area contributed by atoms with Gasteiger partial charge in [-0.25, -0.2) is 0 Å². The van der Waals surface area contributed by atoms with Gasteiger partial charge in [-0.05, 0) is 42.5 Å². The fraction of sp³-hybridized carbons (Fsp3) is 0.600. The highest BCUT2D eigenvalue weighted by Crippen LogP contribution is 2.23. The molecule has 1 aromatic carbocycles. The first kappa shape index (κ1) is 19.9. The van der Waals surface area contributed by atoms with Crippen molar-refractivity contribution in [3.05, 3.63) is 29.8 Å². The van der Waals surface area contributed by atoms with E-state index in [2.05, 4.69) is 30.8 Å². The van der Waals surface area contributed by atoms with Gasteiger partial charge in [-0.15, -0.1) is 10.2 Å². The molecule has 9 heteroatoms. The second-order valence-corrected chi connectivity index (χ2v) is 7.99. The van der Waals surface area contributed by atoms with Crippen molar-refractivity contribution in [2.24, 2.45) is 11.7 Å². The number of carbonyl (C=O) groups excluding carboxylic acids is 1. The van der Waals surface area contributed by atoms with Crippen LogP contribution in [0.25, 0.3) is 11.4 Å². The normalized spacial score (nSPS) is 24.2. The van der Waals surface area contributed by atoms with Crippen LogP contribution in [0.2, 0.25) is 0 Å². The summed E-state index contributed by atoms with van der Waals surface area (Å²) in [6, 6.07) is 8.42. The Bertz CT molecular complexity index is 792. The summed E-state index contributed by atoms with van der Waals surface area (Å²) in [5.74, 6) is 0.607. The summed E-state index contributed by atoms with van der Waals surface area (Å²) >= 11 is 0. The van der Waals surface area contributed by atoms with Gasteiger partial charge in [0.05, 0.1) is 5.92 Å². The molecule has 3 heterocycles. The third kappa shape index (κ3) is 5.17. The van der Waals surface area contributed by atoms with Crippen molar-refractivity contribution >= 4 is 5.91 Å². The van der Waals surface area contributed by atoms with Crippen molar-refractivity contribution in [3.63, 3.8) is 0 Å². The lowest BCUT2D eigenvalue weighted by molar-refractivity contribution is -0.126. The van der Waals surface area contributed by atoms with Crippen molar-refractivity contribution in [1.29, 1.82) is 0 Å². The number of nitrogens with zero attached hydrogens (tertiary/aromatic N) is 4. The number of hydrogen-bond acceptors (Lipinski definition) is 7. The van der Waals surface area contributed by atoms with Crippen LogP contribution >= 0.6 is 0 Å². The van der Waals surface area contributed by atoms with E-state index in [0.29, 0.717) is 18.4 Å². The first-order valence-corrected chi connectivity index (χ1v) is 10.4. The second kappa shape index (κ2) is 9.43. The zero-order chi connectivity index (χ0) is 20.1. The minimum Gasteiger partial charge on any atom is -0.381 e. The number of hydrogen-bond donors (Lipinski definition) is 3. The van der Waals surface area contributed by atoms with Crippen LogP contribution in [0.4, 0.5) is 0 Å². The highest BCUT2D eigenvalue weighted by atomic mass is 16.5. The van der Waals surface area contributed by atoms with Crippen molar-refractivity contribution < 1.29 is 9.53 Å². The Kier molecular flexibility index (Phi) is 6.48. The number of benzene rings is 1. The van der Waals surface area contributed by atoms with E-state index in [1.54, 1.807) is 0 Å². The molecule has 2 atom stereocenters. The number of amides is 1. The maximum atomic E-state index is 12.9. The zero-order valence-electron chi connectivity index (χ0n) is 16.6. The summed E-state index contributed by atoms with van der Waals surface area (Å²) < 4.78 is 5.49. The predicted molar refractivity (Wildman–Crippen MR) is 108 cm³/mol. The molecule has 0 aliphatic carbocycles. The van der Waals surface area contributed by atoms with Crippen molar-refractivity contribution in [2.75, 3.05) is 26.3 Å². The van der Waals surface area contributed by atoms with E-state index >= 15 is 0 Å². The van der Waals surface area contributed by atoms with Gasteiger partial charge in [0, 0.05) is 50.5 Å². The highest BCUT2D eigenvalue weighted by Gasteiger charge is 2.31. The lowest BCUT2D eigenvalue weighted by atomic mass is 10.00. The number of aromatic amines is 1. The van der Waals surface area contributed by atoms with E-state index in [9.17, 15) is 4.79 Å². The van der Waals surface area contributed by atoms with E-state index in [-0.39, 0.29) is 17.9 Å². The summed E-state index contributed by atoms with van der Waals surface area (Å²) in [6.45, 7) is 3.70. The average Bonchev–Trinajstić information content (AvgIpc) is 3.22. The van der Waals surface area contributed by atoms with Crippen LogP contribution in [-0.2, 0) is 16.1 Å². The van der Waals surface area contributed by atoms with Gasteiger partial charge in [0.2, 0.25) is 11.7 Å². The number of rotatable bonds is 5. The molecule has 2 aliphatic heterocycles. The molecule has 2 aromatic rings. The predicted octanol–water partition coefficient (Wildman–Crippen LogP) is 0.701. The van der Waals surface area contributed by atoms with E-state index in [1.807, 2.05) is 24.3 Å². The van der Waals surface area contributed by atoms with Crippen LogP contribution in [0.1, 0.15) is 31.2 Å². The third-order valence-corrected chi connectivity index (χ3v) is 5.89. The average molecular weight is 399 g/mol. The SMILES string of the molecule is N[C@H]1CC[C@@H](C(=O)NCc2cccc(-c3nn[nH]n3)c2)CN(C2CCOCC2)C1. The number of carbonyl (C=O) groups is 1. The molecule has 9 nitrogen and oxygen atoms in total. The largest absolute Gasteiger partial charge is 0.381 e. The van der Waals surface area contributed by atoms with Gasteiger partial charge in [-0.1, -0.05) is 18.2 Å². The van der Waals surface area contributed by atoms with Gasteiger partial charge in [-0.2, -0.15) is 5.21 Å². The second-order valence-electron chi connectivity index (χ2n) is 7.99. The monoisotopic (exact) mass is 399 g/mol. The van der Waals surface area contributed by atoms with E-state index in [1.165, 1.54) is 0 Å². The highest BCUT2D eigenvalue weighted by molar-refractivity contribution is 5.79. The van der Waals surface area contributed by atoms with Gasteiger partial charge >= 0.3 is 0 Å². The fourth-order valence-corrected chi connectivity index (χ4v) is 4.26. The Morgan fingerprint density at radius 3 is 2.90 bits per heavy atom. The minimum atomic E-state index is -0.0354. The Morgan fingerprint density at radius 1 is 1.24 bits per heavy atom. The Balaban J connectivity index is 1.36. The number of nitrogens with one attached hydrogen (secondary N) is 2. The number of nitrogens with two attached hydrogens (primary N) is 1. The number of ether oxygens (including phenoxy) is 1. The van der Waals surface area contributed by atoms with Gasteiger partial charge in [0.25, 0.3) is 0 Å². The van der Waals surface area contributed by atoms with Crippen LogP contribution < -0.4 is 11.1 Å². The summed E-state index contributed by atoms with van der Waals surface area (Å²) in [5, 5.41) is 17.2. The Labute approximate surface area is 170 Å². The van der Waals surface area contributed by atoms with Gasteiger partial charge in [0.1, 0.15) is 0 Å². The zero-order valence-corrected chi connectivity index (χ0v) is 16.6. The number of tetrazole rings is 1. The smallest absolute Gasteiger partial charge is 0.224 e. The molecule has 0 radical (unpaired) electrons.